The number of carbonyl (C=O) groups is 2. The number of esters is 1. The van der Waals surface area contributed by atoms with Gasteiger partial charge in [-0.15, -0.1) is 0 Å². The summed E-state index contributed by atoms with van der Waals surface area (Å²) in [6, 6.07) is 5.31. The summed E-state index contributed by atoms with van der Waals surface area (Å²) in [5.74, 6) is -1.43. The van der Waals surface area contributed by atoms with E-state index in [1.54, 1.807) is 13.0 Å². The molecule has 6 nitrogen and oxygen atoms in total. The summed E-state index contributed by atoms with van der Waals surface area (Å²) in [6.45, 7) is 4.09. The normalized spacial score (nSPS) is 20.2. The first-order valence-electron chi connectivity index (χ1n) is 6.98. The summed E-state index contributed by atoms with van der Waals surface area (Å²) in [5, 5.41) is 9.11. The largest absolute Gasteiger partial charge is 0.481 e. The topological polar surface area (TPSA) is 92.9 Å². The van der Waals surface area contributed by atoms with E-state index in [1.807, 2.05) is 24.0 Å². The summed E-state index contributed by atoms with van der Waals surface area (Å²) in [4.78, 5) is 24.7. The zero-order chi connectivity index (χ0) is 15.6. The zero-order valence-electron chi connectivity index (χ0n) is 12.2. The highest BCUT2D eigenvalue weighted by atomic mass is 16.5. The van der Waals surface area contributed by atoms with Gasteiger partial charge in [0.2, 0.25) is 0 Å². The molecule has 0 saturated heterocycles. The second-order valence-electron chi connectivity index (χ2n) is 5.16. The third-order valence-electron chi connectivity index (χ3n) is 3.87. The molecule has 2 rings (SSSR count). The van der Waals surface area contributed by atoms with Gasteiger partial charge in [-0.1, -0.05) is 6.07 Å². The molecule has 1 aromatic carbocycles. The van der Waals surface area contributed by atoms with Crippen LogP contribution in [0.5, 0.6) is 0 Å². The molecular formula is C15H20N2O4. The number of anilines is 2. The minimum atomic E-state index is -0.876. The van der Waals surface area contributed by atoms with Gasteiger partial charge in [0.05, 0.1) is 13.0 Å². The lowest BCUT2D eigenvalue weighted by molar-refractivity contribution is -0.141. The maximum absolute atomic E-state index is 11.8. The van der Waals surface area contributed by atoms with Crippen LogP contribution in [0.25, 0.3) is 0 Å². The molecule has 0 spiro atoms. The highest BCUT2D eigenvalue weighted by Gasteiger charge is 2.38. The summed E-state index contributed by atoms with van der Waals surface area (Å²) in [7, 11) is 0. The van der Waals surface area contributed by atoms with Crippen molar-refractivity contribution in [3.8, 4) is 0 Å². The standard InChI is InChI=1S/C15H20N2O4/c1-3-21-14(20)8-17-9(2)10(7-13(18)19)15-11(16)5-4-6-12(15)17/h4-6,9-10H,3,7-8,16H2,1-2H3,(H,18,19). The lowest BCUT2D eigenvalue weighted by atomic mass is 9.91. The Hall–Kier alpha value is -2.24. The lowest BCUT2D eigenvalue weighted by Gasteiger charge is -2.25. The number of nitrogens with two attached hydrogens (primary N) is 1. The van der Waals surface area contributed by atoms with E-state index in [1.165, 1.54) is 0 Å². The van der Waals surface area contributed by atoms with Crippen LogP contribution >= 0.6 is 0 Å². The predicted molar refractivity (Wildman–Crippen MR) is 79.3 cm³/mol. The molecule has 0 amide bonds. The van der Waals surface area contributed by atoms with Crippen molar-refractivity contribution in [1.29, 1.82) is 0 Å². The Morgan fingerprint density at radius 3 is 2.76 bits per heavy atom. The van der Waals surface area contributed by atoms with Crippen LogP contribution in [0.3, 0.4) is 0 Å². The van der Waals surface area contributed by atoms with E-state index in [9.17, 15) is 9.59 Å². The van der Waals surface area contributed by atoms with E-state index in [0.717, 1.165) is 11.3 Å². The molecule has 1 aliphatic rings. The van der Waals surface area contributed by atoms with E-state index in [2.05, 4.69) is 0 Å². The Labute approximate surface area is 123 Å². The number of ether oxygens (including phenoxy) is 1. The number of aliphatic carboxylic acids is 1. The number of hydrogen-bond acceptors (Lipinski definition) is 5. The Morgan fingerprint density at radius 1 is 1.43 bits per heavy atom. The number of nitrogen functional groups attached to an aromatic ring is 1. The van der Waals surface area contributed by atoms with Gasteiger partial charge in [0.1, 0.15) is 6.54 Å². The van der Waals surface area contributed by atoms with Crippen molar-refractivity contribution in [3.05, 3.63) is 23.8 Å². The Balaban J connectivity index is 2.34. The molecule has 1 aliphatic heterocycles. The highest BCUT2D eigenvalue weighted by molar-refractivity contribution is 5.81. The van der Waals surface area contributed by atoms with Gasteiger partial charge in [0, 0.05) is 28.9 Å². The maximum atomic E-state index is 11.8. The second-order valence-corrected chi connectivity index (χ2v) is 5.16. The van der Waals surface area contributed by atoms with Gasteiger partial charge in [-0.25, -0.2) is 0 Å². The molecule has 0 radical (unpaired) electrons. The summed E-state index contributed by atoms with van der Waals surface area (Å²) in [5.41, 5.74) is 8.22. The minimum Gasteiger partial charge on any atom is -0.481 e. The molecule has 0 saturated carbocycles. The summed E-state index contributed by atoms with van der Waals surface area (Å²) in [6.07, 6.45) is -0.0122. The number of carbonyl (C=O) groups excluding carboxylic acids is 1. The minimum absolute atomic E-state index is 0.0122. The molecule has 1 heterocycles. The number of fused-ring (bicyclic) bond motifs is 1. The van der Waals surface area contributed by atoms with E-state index in [-0.39, 0.29) is 30.9 Å². The van der Waals surface area contributed by atoms with Crippen molar-refractivity contribution >= 4 is 23.3 Å². The van der Waals surface area contributed by atoms with Crippen LogP contribution in [-0.4, -0.2) is 36.2 Å². The van der Waals surface area contributed by atoms with Crippen LogP contribution in [-0.2, 0) is 14.3 Å². The van der Waals surface area contributed by atoms with Crippen LogP contribution < -0.4 is 10.6 Å². The third kappa shape index (κ3) is 2.94. The van der Waals surface area contributed by atoms with Crippen LogP contribution in [0.2, 0.25) is 0 Å². The first-order chi connectivity index (χ1) is 9.95. The Kier molecular flexibility index (Phi) is 4.35. The third-order valence-corrected chi connectivity index (χ3v) is 3.87. The monoisotopic (exact) mass is 292 g/mol. The van der Waals surface area contributed by atoms with Crippen LogP contribution in [0, 0.1) is 0 Å². The fourth-order valence-corrected chi connectivity index (χ4v) is 2.94. The molecule has 0 fully saturated rings. The van der Waals surface area contributed by atoms with Crippen molar-refractivity contribution in [1.82, 2.24) is 0 Å². The van der Waals surface area contributed by atoms with Gasteiger partial charge in [0.25, 0.3) is 0 Å². The van der Waals surface area contributed by atoms with Gasteiger partial charge in [-0.2, -0.15) is 0 Å². The van der Waals surface area contributed by atoms with Crippen molar-refractivity contribution in [2.45, 2.75) is 32.2 Å². The molecule has 1 aromatic rings. The van der Waals surface area contributed by atoms with Gasteiger partial charge in [-0.05, 0) is 26.0 Å². The number of nitrogens with zero attached hydrogens (tertiary/aromatic N) is 1. The summed E-state index contributed by atoms with van der Waals surface area (Å²) < 4.78 is 4.99. The number of benzene rings is 1. The Morgan fingerprint density at radius 2 is 2.14 bits per heavy atom. The first-order valence-corrected chi connectivity index (χ1v) is 6.98. The summed E-state index contributed by atoms with van der Waals surface area (Å²) >= 11 is 0. The fraction of sp³-hybridized carbons (Fsp3) is 0.467. The van der Waals surface area contributed by atoms with Crippen molar-refractivity contribution in [2.75, 3.05) is 23.8 Å². The van der Waals surface area contributed by atoms with Crippen LogP contribution in [0.4, 0.5) is 11.4 Å². The number of carboxylic acid groups (broad SMARTS) is 1. The molecule has 3 N–H and O–H groups in total. The molecule has 2 unspecified atom stereocenters. The molecule has 0 aromatic heterocycles. The zero-order valence-corrected chi connectivity index (χ0v) is 12.2. The van der Waals surface area contributed by atoms with Gasteiger partial charge < -0.3 is 20.5 Å². The van der Waals surface area contributed by atoms with Gasteiger partial charge in [-0.3, -0.25) is 9.59 Å². The quantitative estimate of drug-likeness (QED) is 0.632. The molecular weight excluding hydrogens is 272 g/mol. The number of carboxylic acids is 1. The van der Waals surface area contributed by atoms with Crippen molar-refractivity contribution in [2.24, 2.45) is 0 Å². The van der Waals surface area contributed by atoms with Gasteiger partial charge >= 0.3 is 11.9 Å². The SMILES string of the molecule is CCOC(=O)CN1c2cccc(N)c2C(CC(=O)O)C1C. The van der Waals surface area contributed by atoms with Crippen molar-refractivity contribution in [3.63, 3.8) is 0 Å². The lowest BCUT2D eigenvalue weighted by Crippen LogP contribution is -2.37. The van der Waals surface area contributed by atoms with E-state index in [0.29, 0.717) is 12.3 Å². The smallest absolute Gasteiger partial charge is 0.325 e. The second kappa shape index (κ2) is 6.03. The van der Waals surface area contributed by atoms with E-state index < -0.39 is 5.97 Å². The highest BCUT2D eigenvalue weighted by Crippen LogP contribution is 2.45. The van der Waals surface area contributed by atoms with E-state index in [4.69, 9.17) is 15.6 Å². The predicted octanol–water partition coefficient (Wildman–Crippen LogP) is 1.60. The molecule has 114 valence electrons. The average Bonchev–Trinajstić information content (AvgIpc) is 2.65. The maximum Gasteiger partial charge on any atom is 0.325 e. The molecule has 6 heteroatoms. The molecule has 2 atom stereocenters. The van der Waals surface area contributed by atoms with Gasteiger partial charge in [0.15, 0.2) is 0 Å². The van der Waals surface area contributed by atoms with Crippen LogP contribution in [0.1, 0.15) is 31.7 Å². The number of rotatable bonds is 5. The molecule has 21 heavy (non-hydrogen) atoms. The molecule has 0 aliphatic carbocycles. The number of hydrogen-bond donors (Lipinski definition) is 2. The van der Waals surface area contributed by atoms with Crippen molar-refractivity contribution < 1.29 is 19.4 Å². The fourth-order valence-electron chi connectivity index (χ4n) is 2.94. The molecule has 0 bridgehead atoms. The van der Waals surface area contributed by atoms with E-state index >= 15 is 0 Å². The Bertz CT molecular complexity index is 559. The average molecular weight is 292 g/mol. The van der Waals surface area contributed by atoms with Crippen LogP contribution in [0.15, 0.2) is 18.2 Å². The first kappa shape index (κ1) is 15.2.